The number of fused-ring (bicyclic) bond motifs is 1. The molecule has 0 aliphatic carbocycles. The van der Waals surface area contributed by atoms with Gasteiger partial charge in [-0.05, 0) is 26.0 Å². The van der Waals surface area contributed by atoms with E-state index in [1.165, 1.54) is 6.07 Å². The number of likely N-dealkylation sites (N-methyl/N-ethyl adjacent to an activating group) is 1. The van der Waals surface area contributed by atoms with Gasteiger partial charge in [0.2, 0.25) is 0 Å². The van der Waals surface area contributed by atoms with E-state index in [0.29, 0.717) is 18.7 Å². The van der Waals surface area contributed by atoms with Gasteiger partial charge in [0, 0.05) is 26.1 Å². The number of ether oxygens (including phenoxy) is 2. The summed E-state index contributed by atoms with van der Waals surface area (Å²) in [7, 11) is 3.48. The summed E-state index contributed by atoms with van der Waals surface area (Å²) >= 11 is 0. The van der Waals surface area contributed by atoms with Crippen LogP contribution in [0.1, 0.15) is 41.7 Å². The Morgan fingerprint density at radius 2 is 2.15 bits per heavy atom. The zero-order chi connectivity index (χ0) is 18.8. The molecular weight excluding hydrogens is 337 g/mol. The van der Waals surface area contributed by atoms with Crippen molar-refractivity contribution in [3.63, 3.8) is 0 Å². The van der Waals surface area contributed by atoms with E-state index in [2.05, 4.69) is 5.10 Å². The number of para-hydroxylation sites is 1. The van der Waals surface area contributed by atoms with Crippen molar-refractivity contribution >= 4 is 5.91 Å². The standard InChI is InChI=1S/C19H24FN3O3/c1-12-11-14-17(13(2)26-12)21-23(4)18(14)19(24)22(3)9-10-25-16-8-6-5-7-15(16)20/h5-8,12-13H,9-11H2,1-4H3/t12-,13+/m1/s1. The van der Waals surface area contributed by atoms with Crippen molar-refractivity contribution in [3.05, 3.63) is 47.0 Å². The van der Waals surface area contributed by atoms with E-state index in [9.17, 15) is 9.18 Å². The van der Waals surface area contributed by atoms with E-state index in [0.717, 1.165) is 11.3 Å². The van der Waals surface area contributed by atoms with Gasteiger partial charge in [0.1, 0.15) is 12.3 Å². The topological polar surface area (TPSA) is 56.6 Å². The van der Waals surface area contributed by atoms with Gasteiger partial charge < -0.3 is 14.4 Å². The number of aryl methyl sites for hydroxylation is 1. The van der Waals surface area contributed by atoms with Crippen molar-refractivity contribution in [1.29, 1.82) is 0 Å². The normalized spacial score (nSPS) is 19.1. The smallest absolute Gasteiger partial charge is 0.272 e. The van der Waals surface area contributed by atoms with Gasteiger partial charge in [-0.2, -0.15) is 5.10 Å². The summed E-state index contributed by atoms with van der Waals surface area (Å²) in [4.78, 5) is 14.5. The second-order valence-corrected chi connectivity index (χ2v) is 6.63. The number of benzene rings is 1. The van der Waals surface area contributed by atoms with Crippen LogP contribution in [0.15, 0.2) is 24.3 Å². The average molecular weight is 361 g/mol. The second-order valence-electron chi connectivity index (χ2n) is 6.63. The van der Waals surface area contributed by atoms with Gasteiger partial charge in [0.05, 0.1) is 24.4 Å². The largest absolute Gasteiger partial charge is 0.489 e. The fourth-order valence-electron chi connectivity index (χ4n) is 3.27. The Bertz CT molecular complexity index is 805. The molecule has 0 N–H and O–H groups in total. The lowest BCUT2D eigenvalue weighted by Gasteiger charge is -2.25. The number of amides is 1. The molecule has 0 saturated carbocycles. The molecule has 1 aliphatic rings. The summed E-state index contributed by atoms with van der Waals surface area (Å²) in [5.41, 5.74) is 2.35. The van der Waals surface area contributed by atoms with Crippen LogP contribution in [0.4, 0.5) is 4.39 Å². The molecule has 0 fully saturated rings. The SMILES string of the molecule is C[C@@H]1Cc2c(nn(C)c2C(=O)N(C)CCOc2ccccc2F)[C@H](C)O1. The molecule has 0 spiro atoms. The quantitative estimate of drug-likeness (QED) is 0.822. The number of hydrogen-bond acceptors (Lipinski definition) is 4. The predicted octanol–water partition coefficient (Wildman–Crippen LogP) is 2.73. The highest BCUT2D eigenvalue weighted by atomic mass is 19.1. The Hall–Kier alpha value is -2.41. The second kappa shape index (κ2) is 7.45. The Kier molecular flexibility index (Phi) is 5.27. The zero-order valence-corrected chi connectivity index (χ0v) is 15.5. The summed E-state index contributed by atoms with van der Waals surface area (Å²) in [6, 6.07) is 6.22. The van der Waals surface area contributed by atoms with Gasteiger partial charge in [-0.3, -0.25) is 9.48 Å². The molecule has 2 atom stereocenters. The van der Waals surface area contributed by atoms with Crippen molar-refractivity contribution in [2.45, 2.75) is 32.5 Å². The Labute approximate surface area is 152 Å². The van der Waals surface area contributed by atoms with Gasteiger partial charge in [0.25, 0.3) is 5.91 Å². The molecule has 1 aliphatic heterocycles. The minimum Gasteiger partial charge on any atom is -0.489 e. The van der Waals surface area contributed by atoms with E-state index >= 15 is 0 Å². The Morgan fingerprint density at radius 1 is 1.42 bits per heavy atom. The van der Waals surface area contributed by atoms with E-state index in [4.69, 9.17) is 9.47 Å². The lowest BCUT2D eigenvalue weighted by Crippen LogP contribution is -2.33. The number of hydrogen-bond donors (Lipinski definition) is 0. The molecule has 3 rings (SSSR count). The number of aromatic nitrogens is 2. The zero-order valence-electron chi connectivity index (χ0n) is 15.5. The molecule has 0 unspecified atom stereocenters. The van der Waals surface area contributed by atoms with E-state index in [1.54, 1.807) is 41.9 Å². The van der Waals surface area contributed by atoms with Crippen molar-refractivity contribution in [2.75, 3.05) is 20.2 Å². The van der Waals surface area contributed by atoms with Gasteiger partial charge in [-0.15, -0.1) is 0 Å². The Balaban J connectivity index is 1.68. The van der Waals surface area contributed by atoms with E-state index in [-0.39, 0.29) is 30.5 Å². The molecule has 1 amide bonds. The summed E-state index contributed by atoms with van der Waals surface area (Å²) in [5.74, 6) is -0.351. The summed E-state index contributed by atoms with van der Waals surface area (Å²) < 4.78 is 26.4. The number of halogens is 1. The molecule has 6 nitrogen and oxygen atoms in total. The average Bonchev–Trinajstić information content (AvgIpc) is 2.92. The van der Waals surface area contributed by atoms with Crippen LogP contribution in [0, 0.1) is 5.82 Å². The molecule has 7 heteroatoms. The van der Waals surface area contributed by atoms with Crippen molar-refractivity contribution < 1.29 is 18.7 Å². The maximum atomic E-state index is 13.6. The van der Waals surface area contributed by atoms with Crippen LogP contribution in [0.2, 0.25) is 0 Å². The van der Waals surface area contributed by atoms with Crippen LogP contribution in [0.5, 0.6) is 5.75 Å². The minimum absolute atomic E-state index is 0.0444. The predicted molar refractivity (Wildman–Crippen MR) is 94.7 cm³/mol. The number of carbonyl (C=O) groups is 1. The van der Waals surface area contributed by atoms with Crippen molar-refractivity contribution in [2.24, 2.45) is 7.05 Å². The highest BCUT2D eigenvalue weighted by molar-refractivity contribution is 5.94. The maximum Gasteiger partial charge on any atom is 0.272 e. The third-order valence-electron chi connectivity index (χ3n) is 4.56. The van der Waals surface area contributed by atoms with Crippen LogP contribution in [-0.4, -0.2) is 46.9 Å². The minimum atomic E-state index is -0.412. The summed E-state index contributed by atoms with van der Waals surface area (Å²) in [6.07, 6.45) is 0.577. The number of carbonyl (C=O) groups excluding carboxylic acids is 1. The van der Waals surface area contributed by atoms with Crippen LogP contribution in [0.3, 0.4) is 0 Å². The molecule has 1 aromatic heterocycles. The summed E-state index contributed by atoms with van der Waals surface area (Å²) in [6.45, 7) is 4.49. The van der Waals surface area contributed by atoms with Crippen LogP contribution < -0.4 is 4.74 Å². The first-order chi connectivity index (χ1) is 12.4. The van der Waals surface area contributed by atoms with Crippen LogP contribution in [0.25, 0.3) is 0 Å². The fourth-order valence-corrected chi connectivity index (χ4v) is 3.27. The van der Waals surface area contributed by atoms with Gasteiger partial charge in [-0.25, -0.2) is 4.39 Å². The first-order valence-electron chi connectivity index (χ1n) is 8.72. The van der Waals surface area contributed by atoms with Crippen LogP contribution in [-0.2, 0) is 18.2 Å². The lowest BCUT2D eigenvalue weighted by molar-refractivity contribution is -0.00713. The maximum absolute atomic E-state index is 13.6. The van der Waals surface area contributed by atoms with Gasteiger partial charge in [-0.1, -0.05) is 12.1 Å². The van der Waals surface area contributed by atoms with Crippen molar-refractivity contribution in [1.82, 2.24) is 14.7 Å². The number of nitrogens with zero attached hydrogens (tertiary/aromatic N) is 3. The molecule has 0 saturated heterocycles. The van der Waals surface area contributed by atoms with E-state index < -0.39 is 5.82 Å². The molecule has 140 valence electrons. The van der Waals surface area contributed by atoms with Gasteiger partial charge >= 0.3 is 0 Å². The molecule has 2 aromatic rings. The monoisotopic (exact) mass is 361 g/mol. The van der Waals surface area contributed by atoms with Crippen molar-refractivity contribution in [3.8, 4) is 5.75 Å². The fraction of sp³-hybridized carbons (Fsp3) is 0.474. The number of rotatable bonds is 5. The summed E-state index contributed by atoms with van der Waals surface area (Å²) in [5, 5.41) is 4.47. The first-order valence-corrected chi connectivity index (χ1v) is 8.72. The molecular formula is C19H24FN3O3. The first kappa shape index (κ1) is 18.4. The molecule has 26 heavy (non-hydrogen) atoms. The lowest BCUT2D eigenvalue weighted by atomic mass is 9.99. The third-order valence-corrected chi connectivity index (χ3v) is 4.56. The van der Waals surface area contributed by atoms with E-state index in [1.807, 2.05) is 13.8 Å². The third kappa shape index (κ3) is 3.58. The molecule has 2 heterocycles. The highest BCUT2D eigenvalue weighted by Crippen LogP contribution is 2.31. The van der Waals surface area contributed by atoms with Gasteiger partial charge in [0.15, 0.2) is 11.6 Å². The van der Waals surface area contributed by atoms with Crippen LogP contribution >= 0.6 is 0 Å². The Morgan fingerprint density at radius 3 is 2.88 bits per heavy atom. The molecule has 1 aromatic carbocycles. The highest BCUT2D eigenvalue weighted by Gasteiger charge is 2.32. The molecule has 0 radical (unpaired) electrons. The molecule has 0 bridgehead atoms.